The number of hydrogen-bond acceptors (Lipinski definition) is 18. The molecule has 1 unspecified atom stereocenters. The molecule has 30 nitrogen and oxygen atoms in total. The molecule has 6 bridgehead atoms. The summed E-state index contributed by atoms with van der Waals surface area (Å²) in [7, 11) is 5.00. The van der Waals surface area contributed by atoms with Gasteiger partial charge in [0, 0.05) is 157 Å². The zero-order valence-corrected chi connectivity index (χ0v) is 75.3. The van der Waals surface area contributed by atoms with Crippen molar-refractivity contribution in [2.75, 3.05) is 16.0 Å². The first-order chi connectivity index (χ1) is 63.4. The van der Waals surface area contributed by atoms with Crippen LogP contribution < -0.4 is 32.6 Å². The highest BCUT2D eigenvalue weighted by atomic mass is 35.5. The van der Waals surface area contributed by atoms with Crippen LogP contribution >= 0.6 is 69.6 Å². The molecule has 0 saturated carbocycles. The maximum absolute atomic E-state index is 14.1. The van der Waals surface area contributed by atoms with Crippen molar-refractivity contribution >= 4 is 104 Å². The minimum Gasteiger partial charge on any atom is -0.323 e. The summed E-state index contributed by atoms with van der Waals surface area (Å²) in [6.07, 6.45) is 17.8. The molecule has 3 aliphatic rings. The van der Waals surface area contributed by atoms with Crippen molar-refractivity contribution in [1.82, 2.24) is 103 Å². The van der Waals surface area contributed by atoms with Gasteiger partial charge in [-0.2, -0.15) is 41.6 Å². The molecule has 132 heavy (non-hydrogen) atoms. The van der Waals surface area contributed by atoms with E-state index < -0.39 is 55.2 Å². The highest BCUT2D eigenvalue weighted by Gasteiger charge is 2.34. The summed E-state index contributed by atoms with van der Waals surface area (Å²) in [4.78, 5) is 94.7. The summed E-state index contributed by atoms with van der Waals surface area (Å²) in [5.41, 5.74) is 9.68. The van der Waals surface area contributed by atoms with Gasteiger partial charge in [-0.25, -0.2) is 28.1 Å². The number of fused-ring (bicyclic) bond motifs is 12. The van der Waals surface area contributed by atoms with Crippen molar-refractivity contribution in [3.8, 4) is 84.6 Å². The Labute approximate surface area is 777 Å². The third kappa shape index (κ3) is 19.0. The lowest BCUT2D eigenvalue weighted by atomic mass is 9.87. The van der Waals surface area contributed by atoms with Gasteiger partial charge in [0.05, 0.1) is 105 Å². The second-order valence-electron chi connectivity index (χ2n) is 32.0. The molecule has 0 aliphatic carbocycles. The molecule has 6 atom stereocenters. The summed E-state index contributed by atoms with van der Waals surface area (Å²) in [6, 6.07) is 36.1. The van der Waals surface area contributed by atoms with Crippen molar-refractivity contribution in [2.45, 2.75) is 116 Å². The highest BCUT2D eigenvalue weighted by Crippen LogP contribution is 2.43. The lowest BCUT2D eigenvalue weighted by Gasteiger charge is -2.22. The zero-order chi connectivity index (χ0) is 93.4. The molecule has 3 amide bonds. The quantitative estimate of drug-likeness (QED) is 0.0957. The van der Waals surface area contributed by atoms with Crippen LogP contribution in [0.15, 0.2) is 198 Å². The predicted molar refractivity (Wildman–Crippen MR) is 487 cm³/mol. The first-order valence-electron chi connectivity index (χ1n) is 41.5. The number of halogens is 12. The minimum absolute atomic E-state index is 0.0634. The van der Waals surface area contributed by atoms with Gasteiger partial charge in [0.2, 0.25) is 17.7 Å². The van der Waals surface area contributed by atoms with E-state index in [2.05, 4.69) is 77.1 Å². The van der Waals surface area contributed by atoms with E-state index in [0.717, 1.165) is 0 Å². The van der Waals surface area contributed by atoms with E-state index >= 15 is 0 Å². The Morgan fingerprint density at radius 2 is 0.629 bits per heavy atom. The van der Waals surface area contributed by atoms with Gasteiger partial charge in [0.15, 0.2) is 15.5 Å². The lowest BCUT2D eigenvalue weighted by molar-refractivity contribution is -0.120. The van der Waals surface area contributed by atoms with E-state index in [1.165, 1.54) is 64.9 Å². The number of alkyl halides is 6. The van der Waals surface area contributed by atoms with E-state index in [9.17, 15) is 55.1 Å². The van der Waals surface area contributed by atoms with Crippen LogP contribution in [-0.2, 0) is 35.5 Å². The van der Waals surface area contributed by atoms with Crippen LogP contribution in [0.2, 0.25) is 30.5 Å². The fraction of sp³-hybridized carbons (Fsp3) is 0.267. The zero-order valence-electron chi connectivity index (χ0n) is 70.8. The molecule has 678 valence electrons. The van der Waals surface area contributed by atoms with Crippen LogP contribution in [0.3, 0.4) is 0 Å². The number of carbonyl (C=O) groups excluding carboxylic acids is 3. The number of benzene rings is 3. The Bertz CT molecular complexity index is 6470. The molecule has 12 aromatic heterocycles. The van der Waals surface area contributed by atoms with Gasteiger partial charge in [0.25, 0.3) is 16.7 Å². The van der Waals surface area contributed by atoms with Crippen molar-refractivity contribution < 1.29 is 40.7 Å². The van der Waals surface area contributed by atoms with Crippen LogP contribution in [0.5, 0.6) is 0 Å². The molecule has 3 aliphatic heterocycles. The number of anilines is 3. The summed E-state index contributed by atoms with van der Waals surface area (Å²) in [5, 5.41) is 45.6. The smallest absolute Gasteiger partial charge is 0.323 e. The number of rotatable bonds is 12. The van der Waals surface area contributed by atoms with Crippen LogP contribution in [0, 0.1) is 17.8 Å². The summed E-state index contributed by atoms with van der Waals surface area (Å²) in [5.74, 6) is -3.51. The maximum atomic E-state index is 14.1. The molecule has 18 rings (SSSR count). The van der Waals surface area contributed by atoms with Gasteiger partial charge in [-0.3, -0.25) is 43.7 Å². The lowest BCUT2D eigenvalue weighted by Crippen LogP contribution is -2.26. The van der Waals surface area contributed by atoms with Gasteiger partial charge < -0.3 is 29.7 Å². The number of nitrogens with zero attached hydrogens (tertiary/aromatic N) is 21. The Balaban J connectivity index is 0.000000144. The summed E-state index contributed by atoms with van der Waals surface area (Å²) < 4.78 is 94.6. The number of pyridine rings is 6. The second-order valence-corrected chi connectivity index (χ2v) is 34.4. The number of nitrogens with one attached hydrogen (secondary N) is 3. The predicted octanol–water partition coefficient (Wildman–Crippen LogP) is 19.5. The standard InChI is InChI=1S/3C30H26Cl2F2N8O2/c3*1-16-4-3-5-19(22-12-17(10-11-35-22)27-23(37-28(16)43)14-36-42(27)30(33)34)20-7-9-24(40(2)29(20)44)21-13-18(31)6-8-25(21)41-15-26(32)38-39-41/h3*6-16,19,30H,3-5H2,1-2H3,(H,37,43)/t16-,19?;16-,19+;16-,19-/m111/s1. The normalized spacial score (nSPS) is 17.1. The first kappa shape index (κ1) is 92.0. The minimum atomic E-state index is -2.93. The molecule has 3 N–H and O–H groups in total. The molecule has 0 saturated heterocycles. The van der Waals surface area contributed by atoms with Crippen LogP contribution in [0.25, 0.3) is 84.6 Å². The SMILES string of the molecule is C[C@@H]1CCCC(c2ccc(-c3cc(Cl)ccc3-n3cc(Cl)nn3)n(C)c2=O)c2cc(ccn2)-c2c(cnn2C(F)F)NC1=O.C[C@@H]1CCC[C@@H](c2ccc(-c3cc(Cl)ccc3-n3cc(Cl)nn3)n(C)c2=O)c2cc(ccn2)-c2c(cnn2C(F)F)NC1=O.C[C@@H]1CCC[C@H](c2ccc(-c3cc(Cl)ccc3-n3cc(Cl)nn3)n(C)c2=O)c2cc(ccn2)-c2c(cnn2C(F)F)NC1=O. The molecule has 15 heterocycles. The second kappa shape index (κ2) is 39.0. The Hall–Kier alpha value is -13.3. The Kier molecular flexibility index (Phi) is 27.2. The molecule has 0 spiro atoms. The molecular weight excluding hydrogens is 1840 g/mol. The largest absolute Gasteiger partial charge is 0.333 e. The third-order valence-electron chi connectivity index (χ3n) is 23.6. The fourth-order valence-corrected chi connectivity index (χ4v) is 17.8. The van der Waals surface area contributed by atoms with Gasteiger partial charge in [-0.1, -0.05) is 143 Å². The topological polar surface area (TPSA) is 338 Å². The van der Waals surface area contributed by atoms with E-state index in [1.807, 2.05) is 18.2 Å². The van der Waals surface area contributed by atoms with E-state index in [-0.39, 0.29) is 84.0 Å². The maximum Gasteiger partial charge on any atom is 0.333 e. The Morgan fingerprint density at radius 3 is 0.879 bits per heavy atom. The number of aromatic nitrogens is 21. The fourth-order valence-electron chi connectivity index (χ4n) is 16.9. The average Bonchev–Trinajstić information content (AvgIpc) is 1.04. The highest BCUT2D eigenvalue weighted by molar-refractivity contribution is 6.32. The molecule has 3 aromatic carbocycles. The van der Waals surface area contributed by atoms with Crippen LogP contribution in [0.4, 0.5) is 43.4 Å². The molecule has 42 heteroatoms. The monoisotopic (exact) mass is 1910 g/mol. The van der Waals surface area contributed by atoms with E-state index in [4.69, 9.17) is 69.6 Å². The van der Waals surface area contributed by atoms with Gasteiger partial charge in [-0.15, -0.1) is 15.3 Å². The molecule has 15 aromatic rings. The molecule has 0 fully saturated rings. The van der Waals surface area contributed by atoms with Gasteiger partial charge in [-0.05, 0) is 148 Å². The molecular formula is C90H78Cl6F6N24O6. The van der Waals surface area contributed by atoms with E-state index in [0.29, 0.717) is 188 Å². The summed E-state index contributed by atoms with van der Waals surface area (Å²) >= 11 is 37.1. The van der Waals surface area contributed by atoms with E-state index in [1.54, 1.807) is 170 Å². The van der Waals surface area contributed by atoms with Crippen LogP contribution in [0.1, 0.15) is 150 Å². The number of amides is 3. The molecule has 0 radical (unpaired) electrons. The van der Waals surface area contributed by atoms with Crippen molar-refractivity contribution in [3.63, 3.8) is 0 Å². The Morgan fingerprint density at radius 1 is 0.356 bits per heavy atom. The van der Waals surface area contributed by atoms with Crippen molar-refractivity contribution in [1.29, 1.82) is 0 Å². The van der Waals surface area contributed by atoms with Gasteiger partial charge >= 0.3 is 19.6 Å². The van der Waals surface area contributed by atoms with Gasteiger partial charge in [0.1, 0.15) is 0 Å². The van der Waals surface area contributed by atoms with Crippen molar-refractivity contribution in [2.24, 2.45) is 38.9 Å². The van der Waals surface area contributed by atoms with Crippen molar-refractivity contribution in [3.05, 3.63) is 279 Å². The first-order valence-corrected chi connectivity index (χ1v) is 43.8. The third-order valence-corrected chi connectivity index (χ3v) is 24.9. The average molecular weight is 1920 g/mol. The van der Waals surface area contributed by atoms with Crippen LogP contribution in [-0.4, -0.2) is 121 Å². The summed E-state index contributed by atoms with van der Waals surface area (Å²) in [6.45, 7) is -3.45. The number of hydrogen-bond donors (Lipinski definition) is 3. The number of carbonyl (C=O) groups is 3.